The van der Waals surface area contributed by atoms with Crippen LogP contribution in [0, 0.1) is 5.82 Å². The summed E-state index contributed by atoms with van der Waals surface area (Å²) in [5, 5.41) is 3.52. The normalized spacial score (nSPS) is 22.5. The molecule has 3 nitrogen and oxygen atoms in total. The molecule has 4 rings (SSSR count). The Bertz CT molecular complexity index is 871. The van der Waals surface area contributed by atoms with E-state index in [9.17, 15) is 9.18 Å². The van der Waals surface area contributed by atoms with E-state index in [1.807, 2.05) is 17.0 Å². The van der Waals surface area contributed by atoms with Gasteiger partial charge >= 0.3 is 0 Å². The van der Waals surface area contributed by atoms with Gasteiger partial charge in [-0.1, -0.05) is 51.1 Å². The SMILES string of the molecule is CC(C)(C)c1ccc2c(c1)C(N1CCCC1=O)CC(c1ccccc1F)N2. The molecule has 27 heavy (non-hydrogen) atoms. The van der Waals surface area contributed by atoms with Gasteiger partial charge in [0.2, 0.25) is 5.91 Å². The lowest BCUT2D eigenvalue weighted by Gasteiger charge is -2.39. The lowest BCUT2D eigenvalue weighted by atomic mass is 9.82. The zero-order chi connectivity index (χ0) is 19.2. The van der Waals surface area contributed by atoms with Crippen LogP contribution in [0.5, 0.6) is 0 Å². The monoisotopic (exact) mass is 366 g/mol. The Morgan fingerprint density at radius 1 is 1.11 bits per heavy atom. The maximum Gasteiger partial charge on any atom is 0.223 e. The second-order valence-corrected chi connectivity index (χ2v) is 8.71. The molecule has 0 aromatic heterocycles. The van der Waals surface area contributed by atoms with Crippen molar-refractivity contribution in [1.82, 2.24) is 4.90 Å². The van der Waals surface area contributed by atoms with E-state index in [0.29, 0.717) is 18.4 Å². The van der Waals surface area contributed by atoms with Gasteiger partial charge in [-0.2, -0.15) is 0 Å². The van der Waals surface area contributed by atoms with Crippen LogP contribution in [-0.4, -0.2) is 17.4 Å². The number of hydrogen-bond acceptors (Lipinski definition) is 2. The fourth-order valence-electron chi connectivity index (χ4n) is 4.29. The lowest BCUT2D eigenvalue weighted by molar-refractivity contribution is -0.130. The molecular weight excluding hydrogens is 339 g/mol. The van der Waals surface area contributed by atoms with E-state index in [1.54, 1.807) is 6.07 Å². The van der Waals surface area contributed by atoms with Gasteiger partial charge in [-0.3, -0.25) is 4.79 Å². The largest absolute Gasteiger partial charge is 0.378 e. The first-order valence-electron chi connectivity index (χ1n) is 9.79. The molecule has 1 fully saturated rings. The van der Waals surface area contributed by atoms with E-state index >= 15 is 0 Å². The summed E-state index contributed by atoms with van der Waals surface area (Å²) in [5.74, 6) is 0.0116. The predicted molar refractivity (Wildman–Crippen MR) is 106 cm³/mol. The minimum absolute atomic E-state index is 0.0110. The molecule has 1 amide bonds. The quantitative estimate of drug-likeness (QED) is 0.778. The molecule has 2 aromatic rings. The van der Waals surface area contributed by atoms with E-state index in [-0.39, 0.29) is 29.2 Å². The van der Waals surface area contributed by atoms with Crippen LogP contribution in [-0.2, 0) is 10.2 Å². The molecule has 2 aliphatic heterocycles. The van der Waals surface area contributed by atoms with E-state index in [4.69, 9.17) is 0 Å². The smallest absolute Gasteiger partial charge is 0.223 e. The van der Waals surface area contributed by atoms with Gasteiger partial charge in [0.05, 0.1) is 12.1 Å². The van der Waals surface area contributed by atoms with Crippen molar-refractivity contribution >= 4 is 11.6 Å². The summed E-state index contributed by atoms with van der Waals surface area (Å²) in [5.41, 5.74) is 4.12. The fourth-order valence-corrected chi connectivity index (χ4v) is 4.29. The molecule has 0 spiro atoms. The molecule has 2 aromatic carbocycles. The Kier molecular flexibility index (Phi) is 4.45. The summed E-state index contributed by atoms with van der Waals surface area (Å²) in [7, 11) is 0. The summed E-state index contributed by atoms with van der Waals surface area (Å²) in [6, 6.07) is 13.2. The van der Waals surface area contributed by atoms with Crippen molar-refractivity contribution in [2.24, 2.45) is 0 Å². The standard InChI is InChI=1S/C23H27FN2O/c1-23(2,3)15-10-11-19-17(13-15)21(26-12-6-9-22(26)27)14-20(25-19)16-7-4-5-8-18(16)24/h4-5,7-8,10-11,13,20-21,25H,6,9,12,14H2,1-3H3. The maximum atomic E-state index is 14.4. The van der Waals surface area contributed by atoms with Crippen molar-refractivity contribution in [2.45, 2.75) is 57.5 Å². The van der Waals surface area contributed by atoms with Crippen LogP contribution < -0.4 is 5.32 Å². The Hall–Kier alpha value is -2.36. The average molecular weight is 366 g/mol. The van der Waals surface area contributed by atoms with Crippen molar-refractivity contribution < 1.29 is 9.18 Å². The molecular formula is C23H27FN2O. The van der Waals surface area contributed by atoms with Gasteiger partial charge in [-0.15, -0.1) is 0 Å². The molecule has 1 saturated heterocycles. The summed E-state index contributed by atoms with van der Waals surface area (Å²) in [6.45, 7) is 7.38. The third-order valence-corrected chi connectivity index (χ3v) is 5.83. The number of halogens is 1. The summed E-state index contributed by atoms with van der Waals surface area (Å²) in [4.78, 5) is 14.5. The van der Waals surface area contributed by atoms with Crippen molar-refractivity contribution in [3.8, 4) is 0 Å². The zero-order valence-electron chi connectivity index (χ0n) is 16.3. The first kappa shape index (κ1) is 18.0. The number of nitrogens with zero attached hydrogens (tertiary/aromatic N) is 1. The van der Waals surface area contributed by atoms with Gasteiger partial charge < -0.3 is 10.2 Å². The first-order chi connectivity index (χ1) is 12.8. The Morgan fingerprint density at radius 2 is 1.89 bits per heavy atom. The van der Waals surface area contributed by atoms with Crippen LogP contribution in [0.2, 0.25) is 0 Å². The molecule has 142 valence electrons. The van der Waals surface area contributed by atoms with Gasteiger partial charge in [-0.05, 0) is 41.5 Å². The van der Waals surface area contributed by atoms with E-state index in [1.165, 1.54) is 11.6 Å². The molecule has 0 aliphatic carbocycles. The number of amides is 1. The number of rotatable bonds is 2. The molecule has 0 saturated carbocycles. The van der Waals surface area contributed by atoms with Gasteiger partial charge in [0.15, 0.2) is 0 Å². The average Bonchev–Trinajstić information content (AvgIpc) is 3.06. The molecule has 2 atom stereocenters. The predicted octanol–water partition coefficient (Wildman–Crippen LogP) is 5.34. The Morgan fingerprint density at radius 3 is 2.56 bits per heavy atom. The van der Waals surface area contributed by atoms with E-state index in [0.717, 1.165) is 24.2 Å². The summed E-state index contributed by atoms with van der Waals surface area (Å²) >= 11 is 0. The molecule has 2 unspecified atom stereocenters. The second-order valence-electron chi connectivity index (χ2n) is 8.71. The fraction of sp³-hybridized carbons (Fsp3) is 0.435. The highest BCUT2D eigenvalue weighted by atomic mass is 19.1. The number of carbonyl (C=O) groups excluding carboxylic acids is 1. The highest BCUT2D eigenvalue weighted by Crippen LogP contribution is 2.45. The maximum absolute atomic E-state index is 14.4. The molecule has 2 aliphatic rings. The lowest BCUT2D eigenvalue weighted by Crippen LogP contribution is -2.35. The number of nitrogens with one attached hydrogen (secondary N) is 1. The van der Waals surface area contributed by atoms with Crippen LogP contribution in [0.3, 0.4) is 0 Å². The van der Waals surface area contributed by atoms with Crippen molar-refractivity contribution in [2.75, 3.05) is 11.9 Å². The number of anilines is 1. The number of carbonyl (C=O) groups is 1. The van der Waals surface area contributed by atoms with Crippen LogP contribution in [0.15, 0.2) is 42.5 Å². The van der Waals surface area contributed by atoms with E-state index in [2.05, 4.69) is 44.3 Å². The Labute approximate surface area is 160 Å². The highest BCUT2D eigenvalue weighted by molar-refractivity contribution is 5.79. The van der Waals surface area contributed by atoms with Gasteiger partial charge in [0, 0.05) is 24.2 Å². The Balaban J connectivity index is 1.78. The molecule has 0 radical (unpaired) electrons. The molecule has 4 heteroatoms. The van der Waals surface area contributed by atoms with Crippen LogP contribution in [0.1, 0.15) is 68.8 Å². The zero-order valence-corrected chi connectivity index (χ0v) is 16.3. The van der Waals surface area contributed by atoms with E-state index < -0.39 is 0 Å². The number of fused-ring (bicyclic) bond motifs is 1. The summed E-state index contributed by atoms with van der Waals surface area (Å²) < 4.78 is 14.4. The van der Waals surface area contributed by atoms with Crippen molar-refractivity contribution in [3.05, 3.63) is 65.0 Å². The molecule has 0 bridgehead atoms. The van der Waals surface area contributed by atoms with Gasteiger partial charge in [0.1, 0.15) is 5.82 Å². The minimum Gasteiger partial charge on any atom is -0.378 e. The summed E-state index contributed by atoms with van der Waals surface area (Å²) in [6.07, 6.45) is 2.21. The third kappa shape index (κ3) is 3.33. The molecule has 1 N–H and O–H groups in total. The van der Waals surface area contributed by atoms with Gasteiger partial charge in [-0.25, -0.2) is 4.39 Å². The van der Waals surface area contributed by atoms with Crippen LogP contribution in [0.4, 0.5) is 10.1 Å². The topological polar surface area (TPSA) is 32.3 Å². The van der Waals surface area contributed by atoms with Crippen molar-refractivity contribution in [1.29, 1.82) is 0 Å². The highest BCUT2D eigenvalue weighted by Gasteiger charge is 2.37. The number of likely N-dealkylation sites (tertiary alicyclic amines) is 1. The molecule has 2 heterocycles. The minimum atomic E-state index is -0.198. The third-order valence-electron chi connectivity index (χ3n) is 5.83. The number of hydrogen-bond donors (Lipinski definition) is 1. The van der Waals surface area contributed by atoms with Crippen LogP contribution in [0.25, 0.3) is 0 Å². The van der Waals surface area contributed by atoms with Crippen LogP contribution >= 0.6 is 0 Å². The van der Waals surface area contributed by atoms with Gasteiger partial charge in [0.25, 0.3) is 0 Å². The van der Waals surface area contributed by atoms with Crippen molar-refractivity contribution in [3.63, 3.8) is 0 Å². The number of benzene rings is 2. The first-order valence-corrected chi connectivity index (χ1v) is 9.79. The second kappa shape index (κ2) is 6.66.